The number of likely N-dealkylation sites (tertiary alicyclic amines) is 1. The zero-order valence-electron chi connectivity index (χ0n) is 18.3. The first kappa shape index (κ1) is 22.8. The third-order valence-corrected chi connectivity index (χ3v) is 8.18. The summed E-state index contributed by atoms with van der Waals surface area (Å²) < 4.78 is 38.6. The molecule has 0 bridgehead atoms. The maximum Gasteiger partial charge on any atom is 0.248 e. The van der Waals surface area contributed by atoms with Crippen LogP contribution >= 0.6 is 0 Å². The number of hydrogen-bond acceptors (Lipinski definition) is 7. The largest absolute Gasteiger partial charge is 0.465 e. The topological polar surface area (TPSA) is 109 Å². The standard InChI is InChI=1S/C22H30N4O5S/c1-17-21(20(31-24-17)7-6-19-5-4-16-30-19)32(28,29)26-13-8-18(9-14-26)22(27)23-10-15-25-11-2-3-12-25/h4-7,16,18H,2-3,8-15H2,1H3,(H,23,27)/b7-6+. The Kier molecular flexibility index (Phi) is 7.12. The fraction of sp³-hybridized carbons (Fsp3) is 0.545. The van der Waals surface area contributed by atoms with Gasteiger partial charge in [-0.15, -0.1) is 0 Å². The molecule has 2 aromatic rings. The molecule has 0 atom stereocenters. The molecule has 0 unspecified atom stereocenters. The molecule has 4 heterocycles. The van der Waals surface area contributed by atoms with Gasteiger partial charge in [-0.25, -0.2) is 8.42 Å². The number of amides is 1. The van der Waals surface area contributed by atoms with Gasteiger partial charge in [0.2, 0.25) is 15.9 Å². The fourth-order valence-corrected chi connectivity index (χ4v) is 6.04. The summed E-state index contributed by atoms with van der Waals surface area (Å²) in [5, 5.41) is 6.87. The predicted molar refractivity (Wildman–Crippen MR) is 119 cm³/mol. The molecule has 2 aliphatic rings. The van der Waals surface area contributed by atoms with Gasteiger partial charge in [-0.3, -0.25) is 4.79 Å². The Labute approximate surface area is 188 Å². The quantitative estimate of drug-likeness (QED) is 0.641. The van der Waals surface area contributed by atoms with Crippen LogP contribution in [0.1, 0.15) is 42.9 Å². The summed E-state index contributed by atoms with van der Waals surface area (Å²) in [6.07, 6.45) is 8.17. The van der Waals surface area contributed by atoms with E-state index in [-0.39, 0.29) is 22.5 Å². The van der Waals surface area contributed by atoms with Gasteiger partial charge in [0, 0.05) is 32.1 Å². The van der Waals surface area contributed by atoms with Gasteiger partial charge in [0.15, 0.2) is 10.7 Å². The second kappa shape index (κ2) is 10.0. The van der Waals surface area contributed by atoms with Crippen molar-refractivity contribution in [2.75, 3.05) is 39.3 Å². The number of sulfonamides is 1. The zero-order chi connectivity index (χ0) is 22.6. The lowest BCUT2D eigenvalue weighted by atomic mass is 9.97. The van der Waals surface area contributed by atoms with Gasteiger partial charge >= 0.3 is 0 Å². The molecule has 4 rings (SSSR count). The van der Waals surface area contributed by atoms with E-state index >= 15 is 0 Å². The number of piperidine rings is 1. The van der Waals surface area contributed by atoms with Crippen molar-refractivity contribution < 1.29 is 22.2 Å². The smallest absolute Gasteiger partial charge is 0.248 e. The van der Waals surface area contributed by atoms with Gasteiger partial charge < -0.3 is 19.2 Å². The van der Waals surface area contributed by atoms with Crippen LogP contribution in [0, 0.1) is 12.8 Å². The summed E-state index contributed by atoms with van der Waals surface area (Å²) in [4.78, 5) is 14.9. The predicted octanol–water partition coefficient (Wildman–Crippen LogP) is 2.36. The van der Waals surface area contributed by atoms with E-state index in [9.17, 15) is 13.2 Å². The van der Waals surface area contributed by atoms with E-state index in [0.29, 0.717) is 43.9 Å². The summed E-state index contributed by atoms with van der Waals surface area (Å²) in [5.41, 5.74) is 0.311. The van der Waals surface area contributed by atoms with Crippen LogP contribution in [0.3, 0.4) is 0 Å². The van der Waals surface area contributed by atoms with E-state index < -0.39 is 10.0 Å². The molecule has 0 saturated carbocycles. The minimum absolute atomic E-state index is 0.0180. The van der Waals surface area contributed by atoms with Crippen LogP contribution in [0.25, 0.3) is 12.2 Å². The summed E-state index contributed by atoms with van der Waals surface area (Å²) in [5.74, 6) is 0.603. The summed E-state index contributed by atoms with van der Waals surface area (Å²) in [6, 6.07) is 3.50. The van der Waals surface area contributed by atoms with Crippen molar-refractivity contribution in [1.82, 2.24) is 19.7 Å². The van der Waals surface area contributed by atoms with E-state index in [4.69, 9.17) is 8.94 Å². The van der Waals surface area contributed by atoms with E-state index in [1.807, 2.05) is 0 Å². The molecular formula is C22H30N4O5S. The minimum atomic E-state index is -3.79. The molecule has 10 heteroatoms. The first-order valence-electron chi connectivity index (χ1n) is 11.1. The van der Waals surface area contributed by atoms with Crippen LogP contribution in [0.4, 0.5) is 0 Å². The first-order chi connectivity index (χ1) is 15.4. The Morgan fingerprint density at radius 2 is 1.97 bits per heavy atom. The molecule has 0 radical (unpaired) electrons. The molecule has 0 spiro atoms. The van der Waals surface area contributed by atoms with E-state index in [1.54, 1.807) is 31.2 Å². The van der Waals surface area contributed by atoms with Gasteiger partial charge in [0.1, 0.15) is 11.5 Å². The molecule has 2 fully saturated rings. The van der Waals surface area contributed by atoms with Gasteiger partial charge in [-0.1, -0.05) is 5.16 Å². The van der Waals surface area contributed by atoms with Crippen LogP contribution in [0.5, 0.6) is 0 Å². The van der Waals surface area contributed by atoms with Gasteiger partial charge in [-0.05, 0) is 70.0 Å². The van der Waals surface area contributed by atoms with E-state index in [1.165, 1.54) is 23.4 Å². The minimum Gasteiger partial charge on any atom is -0.465 e. The molecule has 2 saturated heterocycles. The number of carbonyl (C=O) groups excluding carboxylic acids is 1. The maximum atomic E-state index is 13.3. The second-order valence-electron chi connectivity index (χ2n) is 8.33. The number of aryl methyl sites for hydroxylation is 1. The number of carbonyl (C=O) groups is 1. The summed E-state index contributed by atoms with van der Waals surface area (Å²) >= 11 is 0. The van der Waals surface area contributed by atoms with Crippen LogP contribution in [-0.4, -0.2) is 68.0 Å². The Morgan fingerprint density at radius 3 is 2.66 bits per heavy atom. The molecule has 9 nitrogen and oxygen atoms in total. The first-order valence-corrected chi connectivity index (χ1v) is 12.6. The van der Waals surface area contributed by atoms with Crippen LogP contribution in [0.15, 0.2) is 32.2 Å². The van der Waals surface area contributed by atoms with E-state index in [2.05, 4.69) is 15.4 Å². The van der Waals surface area contributed by atoms with E-state index in [0.717, 1.165) is 19.6 Å². The van der Waals surface area contributed by atoms with Crippen molar-refractivity contribution in [2.24, 2.45) is 5.92 Å². The maximum absolute atomic E-state index is 13.3. The highest BCUT2D eigenvalue weighted by molar-refractivity contribution is 7.89. The average Bonchev–Trinajstić information content (AvgIpc) is 3.55. The third kappa shape index (κ3) is 5.13. The lowest BCUT2D eigenvalue weighted by Gasteiger charge is -2.30. The number of nitrogens with zero attached hydrogens (tertiary/aromatic N) is 3. The number of hydrogen-bond donors (Lipinski definition) is 1. The summed E-state index contributed by atoms with van der Waals surface area (Å²) in [6.45, 7) is 5.92. The van der Waals surface area contributed by atoms with Crippen molar-refractivity contribution in [3.63, 3.8) is 0 Å². The monoisotopic (exact) mass is 462 g/mol. The number of rotatable bonds is 8. The third-order valence-electron chi connectivity index (χ3n) is 6.12. The molecule has 174 valence electrons. The highest BCUT2D eigenvalue weighted by Crippen LogP contribution is 2.29. The van der Waals surface area contributed by atoms with Crippen molar-refractivity contribution in [3.8, 4) is 0 Å². The van der Waals surface area contributed by atoms with Crippen LogP contribution in [-0.2, 0) is 14.8 Å². The Morgan fingerprint density at radius 1 is 1.22 bits per heavy atom. The fourth-order valence-electron chi connectivity index (χ4n) is 4.32. The number of furan rings is 1. The van der Waals surface area contributed by atoms with Crippen molar-refractivity contribution in [1.29, 1.82) is 0 Å². The van der Waals surface area contributed by atoms with Gasteiger partial charge in [0.25, 0.3) is 0 Å². The number of aromatic nitrogens is 1. The van der Waals surface area contributed by atoms with Crippen LogP contribution < -0.4 is 5.32 Å². The van der Waals surface area contributed by atoms with Crippen molar-refractivity contribution in [2.45, 2.75) is 37.5 Å². The van der Waals surface area contributed by atoms with Crippen molar-refractivity contribution in [3.05, 3.63) is 35.6 Å². The molecular weight excluding hydrogens is 432 g/mol. The molecule has 1 amide bonds. The Balaban J connectivity index is 1.35. The second-order valence-corrected chi connectivity index (χ2v) is 10.2. The zero-order valence-corrected chi connectivity index (χ0v) is 19.1. The molecule has 0 aromatic carbocycles. The van der Waals surface area contributed by atoms with Crippen molar-refractivity contribution >= 4 is 28.1 Å². The van der Waals surface area contributed by atoms with Gasteiger partial charge in [-0.2, -0.15) is 4.31 Å². The Bertz CT molecular complexity index is 1030. The Hall–Kier alpha value is -2.43. The lowest BCUT2D eigenvalue weighted by molar-refractivity contribution is -0.126. The van der Waals surface area contributed by atoms with Crippen LogP contribution in [0.2, 0.25) is 0 Å². The molecule has 32 heavy (non-hydrogen) atoms. The normalized spacial score (nSPS) is 19.2. The SMILES string of the molecule is Cc1noc(/C=C/c2ccco2)c1S(=O)(=O)N1CCC(C(=O)NCCN2CCCC2)CC1. The number of nitrogens with one attached hydrogen (secondary N) is 1. The molecule has 1 N–H and O–H groups in total. The van der Waals surface area contributed by atoms with Gasteiger partial charge in [0.05, 0.1) is 6.26 Å². The average molecular weight is 463 g/mol. The molecule has 0 aliphatic carbocycles. The highest BCUT2D eigenvalue weighted by atomic mass is 32.2. The highest BCUT2D eigenvalue weighted by Gasteiger charge is 2.35. The lowest BCUT2D eigenvalue weighted by Crippen LogP contribution is -2.44. The molecule has 2 aromatic heterocycles. The molecule has 2 aliphatic heterocycles. The summed E-state index contributed by atoms with van der Waals surface area (Å²) in [7, 11) is -3.79.